The van der Waals surface area contributed by atoms with Crippen LogP contribution in [0.15, 0.2) is 0 Å². The SMILES string of the molecule is CC1CC(C)(C)CC1N1CCNCC1C(=O)O. The van der Waals surface area contributed by atoms with E-state index >= 15 is 0 Å². The second kappa shape index (κ2) is 4.58. The fourth-order valence-corrected chi connectivity index (χ4v) is 3.65. The summed E-state index contributed by atoms with van der Waals surface area (Å²) in [7, 11) is 0. The van der Waals surface area contributed by atoms with Crippen molar-refractivity contribution < 1.29 is 9.90 Å². The van der Waals surface area contributed by atoms with Gasteiger partial charge in [0.05, 0.1) is 0 Å². The second-order valence-electron chi connectivity index (χ2n) is 6.41. The molecule has 0 amide bonds. The van der Waals surface area contributed by atoms with Gasteiger partial charge in [-0.2, -0.15) is 0 Å². The molecule has 1 saturated carbocycles. The van der Waals surface area contributed by atoms with Gasteiger partial charge in [-0.25, -0.2) is 0 Å². The first-order chi connectivity index (χ1) is 7.91. The van der Waals surface area contributed by atoms with Crippen molar-refractivity contribution in [1.82, 2.24) is 10.2 Å². The normalized spacial score (nSPS) is 38.2. The van der Waals surface area contributed by atoms with Crippen molar-refractivity contribution in [3.05, 3.63) is 0 Å². The molecule has 0 aromatic rings. The smallest absolute Gasteiger partial charge is 0.322 e. The summed E-state index contributed by atoms with van der Waals surface area (Å²) in [5.41, 5.74) is 0.359. The fourth-order valence-electron chi connectivity index (χ4n) is 3.65. The molecule has 17 heavy (non-hydrogen) atoms. The minimum atomic E-state index is -0.686. The van der Waals surface area contributed by atoms with Gasteiger partial charge in [-0.1, -0.05) is 20.8 Å². The van der Waals surface area contributed by atoms with Crippen LogP contribution < -0.4 is 5.32 Å². The molecule has 2 rings (SSSR count). The van der Waals surface area contributed by atoms with Crippen LogP contribution in [0, 0.1) is 11.3 Å². The van der Waals surface area contributed by atoms with Gasteiger partial charge < -0.3 is 10.4 Å². The zero-order valence-electron chi connectivity index (χ0n) is 11.1. The maximum atomic E-state index is 11.3. The molecule has 1 aliphatic heterocycles. The number of nitrogens with one attached hydrogen (secondary N) is 1. The third-order valence-electron chi connectivity index (χ3n) is 4.29. The lowest BCUT2D eigenvalue weighted by atomic mass is 9.91. The predicted octanol–water partition coefficient (Wildman–Crippen LogP) is 1.17. The van der Waals surface area contributed by atoms with Crippen LogP contribution in [0.2, 0.25) is 0 Å². The lowest BCUT2D eigenvalue weighted by molar-refractivity contribution is -0.145. The highest BCUT2D eigenvalue weighted by Crippen LogP contribution is 2.43. The Morgan fingerprint density at radius 2 is 2.12 bits per heavy atom. The van der Waals surface area contributed by atoms with Crippen molar-refractivity contribution >= 4 is 5.97 Å². The first kappa shape index (κ1) is 12.8. The summed E-state index contributed by atoms with van der Waals surface area (Å²) < 4.78 is 0. The van der Waals surface area contributed by atoms with E-state index in [1.807, 2.05) is 0 Å². The van der Waals surface area contributed by atoms with E-state index in [9.17, 15) is 9.90 Å². The van der Waals surface area contributed by atoms with Crippen LogP contribution in [0.3, 0.4) is 0 Å². The number of carboxylic acid groups (broad SMARTS) is 1. The molecule has 3 unspecified atom stereocenters. The topological polar surface area (TPSA) is 52.6 Å². The van der Waals surface area contributed by atoms with Crippen LogP contribution in [-0.2, 0) is 4.79 Å². The molecule has 0 spiro atoms. The molecule has 0 aromatic heterocycles. The highest BCUT2D eigenvalue weighted by Gasteiger charge is 2.43. The average Bonchev–Trinajstić information content (AvgIpc) is 2.52. The Morgan fingerprint density at radius 1 is 1.41 bits per heavy atom. The molecule has 0 radical (unpaired) electrons. The van der Waals surface area contributed by atoms with Gasteiger partial charge in [0.2, 0.25) is 0 Å². The predicted molar refractivity (Wildman–Crippen MR) is 67.0 cm³/mol. The van der Waals surface area contributed by atoms with Gasteiger partial charge in [-0.3, -0.25) is 9.69 Å². The first-order valence-electron chi connectivity index (χ1n) is 6.60. The second-order valence-corrected chi connectivity index (χ2v) is 6.41. The van der Waals surface area contributed by atoms with Gasteiger partial charge in [0, 0.05) is 25.7 Å². The quantitative estimate of drug-likeness (QED) is 0.761. The summed E-state index contributed by atoms with van der Waals surface area (Å²) in [5.74, 6) is -0.0842. The van der Waals surface area contributed by atoms with Gasteiger partial charge in [0.1, 0.15) is 6.04 Å². The standard InChI is InChI=1S/C13H24N2O2/c1-9-6-13(2,3)7-10(9)15-5-4-14-8-11(15)12(16)17/h9-11,14H,4-8H2,1-3H3,(H,16,17). The van der Waals surface area contributed by atoms with Crippen molar-refractivity contribution in [2.75, 3.05) is 19.6 Å². The molecule has 3 atom stereocenters. The number of piperazine rings is 1. The van der Waals surface area contributed by atoms with Crippen LogP contribution in [0.5, 0.6) is 0 Å². The molecule has 4 nitrogen and oxygen atoms in total. The summed E-state index contributed by atoms with van der Waals surface area (Å²) >= 11 is 0. The summed E-state index contributed by atoms with van der Waals surface area (Å²) in [6.45, 7) is 9.21. The Morgan fingerprint density at radius 3 is 2.65 bits per heavy atom. The fraction of sp³-hybridized carbons (Fsp3) is 0.923. The third-order valence-corrected chi connectivity index (χ3v) is 4.29. The van der Waals surface area contributed by atoms with Gasteiger partial charge in [0.15, 0.2) is 0 Å². The summed E-state index contributed by atoms with van der Waals surface area (Å²) in [4.78, 5) is 13.5. The van der Waals surface area contributed by atoms with E-state index in [1.165, 1.54) is 6.42 Å². The Hall–Kier alpha value is -0.610. The number of carbonyl (C=O) groups is 1. The van der Waals surface area contributed by atoms with E-state index < -0.39 is 5.97 Å². The minimum absolute atomic E-state index is 0.343. The third kappa shape index (κ3) is 2.63. The molecule has 1 heterocycles. The number of nitrogens with zero attached hydrogens (tertiary/aromatic N) is 1. The van der Waals surface area contributed by atoms with E-state index in [4.69, 9.17) is 0 Å². The van der Waals surface area contributed by atoms with Crippen LogP contribution in [0.4, 0.5) is 0 Å². The van der Waals surface area contributed by atoms with E-state index in [0.29, 0.717) is 23.9 Å². The van der Waals surface area contributed by atoms with Crippen molar-refractivity contribution in [2.45, 2.75) is 45.7 Å². The zero-order valence-corrected chi connectivity index (χ0v) is 11.1. The van der Waals surface area contributed by atoms with E-state index in [2.05, 4.69) is 31.0 Å². The Bertz CT molecular complexity index is 304. The largest absolute Gasteiger partial charge is 0.480 e. The average molecular weight is 240 g/mol. The van der Waals surface area contributed by atoms with Gasteiger partial charge in [-0.15, -0.1) is 0 Å². The molecular formula is C13H24N2O2. The lowest BCUT2D eigenvalue weighted by Crippen LogP contribution is -2.58. The molecule has 2 N–H and O–H groups in total. The van der Waals surface area contributed by atoms with Crippen molar-refractivity contribution in [3.63, 3.8) is 0 Å². The number of hydrogen-bond acceptors (Lipinski definition) is 3. The number of hydrogen-bond donors (Lipinski definition) is 2. The van der Waals surface area contributed by atoms with E-state index in [-0.39, 0.29) is 6.04 Å². The molecule has 1 aliphatic carbocycles. The highest BCUT2D eigenvalue weighted by atomic mass is 16.4. The van der Waals surface area contributed by atoms with E-state index in [0.717, 1.165) is 19.5 Å². The zero-order chi connectivity index (χ0) is 12.6. The van der Waals surface area contributed by atoms with Gasteiger partial charge >= 0.3 is 5.97 Å². The van der Waals surface area contributed by atoms with Crippen LogP contribution in [-0.4, -0.2) is 47.7 Å². The first-order valence-corrected chi connectivity index (χ1v) is 6.60. The number of aliphatic carboxylic acids is 1. The number of carboxylic acids is 1. The van der Waals surface area contributed by atoms with E-state index in [1.54, 1.807) is 0 Å². The summed E-state index contributed by atoms with van der Waals surface area (Å²) in [6.07, 6.45) is 2.33. The highest BCUT2D eigenvalue weighted by molar-refractivity contribution is 5.74. The molecule has 0 aromatic carbocycles. The van der Waals surface area contributed by atoms with Gasteiger partial charge in [0.25, 0.3) is 0 Å². The van der Waals surface area contributed by atoms with Crippen molar-refractivity contribution in [2.24, 2.45) is 11.3 Å². The molecule has 0 bridgehead atoms. The molecular weight excluding hydrogens is 216 g/mol. The van der Waals surface area contributed by atoms with Crippen molar-refractivity contribution in [3.8, 4) is 0 Å². The van der Waals surface area contributed by atoms with Crippen LogP contribution in [0.1, 0.15) is 33.6 Å². The number of rotatable bonds is 2. The maximum absolute atomic E-state index is 11.3. The Kier molecular flexibility index (Phi) is 3.46. The monoisotopic (exact) mass is 240 g/mol. The summed E-state index contributed by atoms with van der Waals surface area (Å²) in [5, 5.41) is 12.5. The van der Waals surface area contributed by atoms with Crippen molar-refractivity contribution in [1.29, 1.82) is 0 Å². The minimum Gasteiger partial charge on any atom is -0.480 e. The molecule has 2 aliphatic rings. The maximum Gasteiger partial charge on any atom is 0.322 e. The molecule has 98 valence electrons. The lowest BCUT2D eigenvalue weighted by Gasteiger charge is -2.40. The Balaban J connectivity index is 2.12. The van der Waals surface area contributed by atoms with Crippen LogP contribution >= 0.6 is 0 Å². The molecule has 2 fully saturated rings. The van der Waals surface area contributed by atoms with Gasteiger partial charge in [-0.05, 0) is 24.2 Å². The van der Waals surface area contributed by atoms with Crippen LogP contribution in [0.25, 0.3) is 0 Å². The molecule has 1 saturated heterocycles. The Labute approximate surface area is 103 Å². The summed E-state index contributed by atoms with van der Waals surface area (Å²) in [6, 6.07) is 0.0956. The molecule has 4 heteroatoms.